The van der Waals surface area contributed by atoms with Gasteiger partial charge in [0.1, 0.15) is 23.5 Å². The first-order valence-corrected chi connectivity index (χ1v) is 11.5. The number of aromatic nitrogens is 2. The lowest BCUT2D eigenvalue weighted by molar-refractivity contribution is -0.117. The Kier molecular flexibility index (Phi) is 6.38. The minimum Gasteiger partial charge on any atom is -0.497 e. The molecule has 4 rings (SSSR count). The van der Waals surface area contributed by atoms with Crippen LogP contribution in [0.3, 0.4) is 0 Å². The van der Waals surface area contributed by atoms with Crippen molar-refractivity contribution in [3.05, 3.63) is 63.1 Å². The van der Waals surface area contributed by atoms with Crippen LogP contribution in [-0.2, 0) is 11.4 Å². The molecule has 1 amide bonds. The summed E-state index contributed by atoms with van der Waals surface area (Å²) in [5.74, 6) is 1.28. The summed E-state index contributed by atoms with van der Waals surface area (Å²) in [5, 5.41) is 10.2. The van der Waals surface area contributed by atoms with E-state index < -0.39 is 0 Å². The van der Waals surface area contributed by atoms with Gasteiger partial charge < -0.3 is 9.47 Å². The summed E-state index contributed by atoms with van der Waals surface area (Å²) in [4.78, 5) is 14.5. The molecule has 0 saturated carbocycles. The number of nitrogens with zero attached hydrogens (tertiary/aromatic N) is 3. The first-order chi connectivity index (χ1) is 14.5. The van der Waals surface area contributed by atoms with Gasteiger partial charge in [-0.05, 0) is 42.8 Å². The molecule has 2 atom stereocenters. The van der Waals surface area contributed by atoms with Crippen LogP contribution in [0.25, 0.3) is 0 Å². The first-order valence-electron chi connectivity index (χ1n) is 8.99. The second kappa shape index (κ2) is 9.01. The monoisotopic (exact) mass is 481 g/mol. The average molecular weight is 482 g/mol. The maximum Gasteiger partial charge on any atom is 0.242 e. The van der Waals surface area contributed by atoms with E-state index >= 15 is 0 Å². The maximum atomic E-state index is 12.8. The van der Waals surface area contributed by atoms with Gasteiger partial charge >= 0.3 is 0 Å². The van der Waals surface area contributed by atoms with Gasteiger partial charge in [-0.15, -0.1) is 22.0 Å². The van der Waals surface area contributed by atoms with Crippen LogP contribution >= 0.6 is 46.3 Å². The fourth-order valence-electron chi connectivity index (χ4n) is 2.95. The molecule has 0 spiro atoms. The van der Waals surface area contributed by atoms with Gasteiger partial charge in [0.15, 0.2) is 5.01 Å². The number of ether oxygens (including phenoxy) is 2. The highest BCUT2D eigenvalue weighted by molar-refractivity contribution is 8.01. The summed E-state index contributed by atoms with van der Waals surface area (Å²) in [6.45, 7) is 2.09. The maximum absolute atomic E-state index is 12.8. The lowest BCUT2D eigenvalue weighted by Crippen LogP contribution is -2.30. The Morgan fingerprint density at radius 1 is 1.13 bits per heavy atom. The highest BCUT2D eigenvalue weighted by Crippen LogP contribution is 2.46. The lowest BCUT2D eigenvalue weighted by atomic mass is 10.2. The van der Waals surface area contributed by atoms with Crippen LogP contribution in [0.2, 0.25) is 10.0 Å². The SMILES string of the molecule is COc1ccc(C2SC(C)C(=O)N2c2nnc(COc3ccc(Cl)cc3Cl)s2)cc1. The lowest BCUT2D eigenvalue weighted by Gasteiger charge is -2.21. The van der Waals surface area contributed by atoms with E-state index in [1.54, 1.807) is 42.0 Å². The van der Waals surface area contributed by atoms with Gasteiger partial charge in [0.2, 0.25) is 11.0 Å². The molecule has 0 aliphatic carbocycles. The third-order valence-electron chi connectivity index (χ3n) is 4.46. The Hall–Kier alpha value is -2.00. The van der Waals surface area contributed by atoms with E-state index in [0.29, 0.717) is 25.9 Å². The van der Waals surface area contributed by atoms with Gasteiger partial charge in [0.25, 0.3) is 0 Å². The largest absolute Gasteiger partial charge is 0.497 e. The van der Waals surface area contributed by atoms with E-state index in [1.165, 1.54) is 11.3 Å². The van der Waals surface area contributed by atoms with Crippen molar-refractivity contribution in [2.24, 2.45) is 0 Å². The number of rotatable bonds is 6. The second-order valence-corrected chi connectivity index (χ2v) is 9.76. The predicted octanol–water partition coefficient (Wildman–Crippen LogP) is 5.60. The van der Waals surface area contributed by atoms with Crippen molar-refractivity contribution in [1.82, 2.24) is 10.2 Å². The van der Waals surface area contributed by atoms with Crippen molar-refractivity contribution in [1.29, 1.82) is 0 Å². The van der Waals surface area contributed by atoms with E-state index in [4.69, 9.17) is 32.7 Å². The Morgan fingerprint density at radius 3 is 2.60 bits per heavy atom. The highest BCUT2D eigenvalue weighted by Gasteiger charge is 2.41. The molecule has 156 valence electrons. The number of anilines is 1. The van der Waals surface area contributed by atoms with Crippen LogP contribution in [0, 0.1) is 0 Å². The summed E-state index contributed by atoms with van der Waals surface area (Å²) in [6, 6.07) is 12.7. The predicted molar refractivity (Wildman–Crippen MR) is 121 cm³/mol. The normalized spacial score (nSPS) is 18.7. The summed E-state index contributed by atoms with van der Waals surface area (Å²) in [6.07, 6.45) is 0. The average Bonchev–Trinajstić information content (AvgIpc) is 3.32. The molecule has 1 aromatic heterocycles. The van der Waals surface area contributed by atoms with Crippen LogP contribution in [0.1, 0.15) is 22.9 Å². The molecule has 0 radical (unpaired) electrons. The molecule has 2 unspecified atom stereocenters. The van der Waals surface area contributed by atoms with Crippen molar-refractivity contribution in [2.45, 2.75) is 24.2 Å². The third kappa shape index (κ3) is 4.37. The topological polar surface area (TPSA) is 64.5 Å². The number of carbonyl (C=O) groups excluding carboxylic acids is 1. The number of benzene rings is 2. The fraction of sp³-hybridized carbons (Fsp3) is 0.250. The van der Waals surface area contributed by atoms with Crippen molar-refractivity contribution >= 4 is 57.3 Å². The van der Waals surface area contributed by atoms with Crippen LogP contribution < -0.4 is 14.4 Å². The molecule has 0 bridgehead atoms. The number of carbonyl (C=O) groups is 1. The van der Waals surface area contributed by atoms with Crippen molar-refractivity contribution in [3.8, 4) is 11.5 Å². The number of thioether (sulfide) groups is 1. The van der Waals surface area contributed by atoms with Gasteiger partial charge in [0, 0.05) is 5.02 Å². The van der Waals surface area contributed by atoms with E-state index in [2.05, 4.69) is 10.2 Å². The van der Waals surface area contributed by atoms with Crippen molar-refractivity contribution in [2.75, 3.05) is 12.0 Å². The third-order valence-corrected chi connectivity index (χ3v) is 7.24. The van der Waals surface area contributed by atoms with E-state index in [-0.39, 0.29) is 23.1 Å². The van der Waals surface area contributed by atoms with Gasteiger partial charge in [-0.25, -0.2) is 0 Å². The minimum absolute atomic E-state index is 0.00480. The van der Waals surface area contributed by atoms with Crippen molar-refractivity contribution < 1.29 is 14.3 Å². The van der Waals surface area contributed by atoms with Gasteiger partial charge in [0.05, 0.1) is 17.4 Å². The molecule has 2 aromatic carbocycles. The summed E-state index contributed by atoms with van der Waals surface area (Å²) >= 11 is 15.0. The molecule has 1 aliphatic rings. The van der Waals surface area contributed by atoms with E-state index in [0.717, 1.165) is 11.3 Å². The Bertz CT molecular complexity index is 1060. The molecule has 1 saturated heterocycles. The van der Waals surface area contributed by atoms with E-state index in [9.17, 15) is 4.79 Å². The molecule has 1 fully saturated rings. The second-order valence-electron chi connectivity index (χ2n) is 6.45. The number of methoxy groups -OCH3 is 1. The molecule has 2 heterocycles. The quantitative estimate of drug-likeness (QED) is 0.456. The summed E-state index contributed by atoms with van der Waals surface area (Å²) in [7, 11) is 1.62. The standard InChI is InChI=1S/C20H17Cl2N3O3S2/c1-11-18(26)25(19(29-11)12-3-6-14(27-2)7-4-12)20-24-23-17(30-20)10-28-16-8-5-13(21)9-15(16)22/h3-9,11,19H,10H2,1-2H3. The van der Waals surface area contributed by atoms with Gasteiger partial charge in [-0.1, -0.05) is 46.7 Å². The van der Waals surface area contributed by atoms with Crippen LogP contribution in [0.15, 0.2) is 42.5 Å². The zero-order chi connectivity index (χ0) is 21.3. The zero-order valence-electron chi connectivity index (χ0n) is 16.0. The molecular weight excluding hydrogens is 465 g/mol. The number of hydrogen-bond donors (Lipinski definition) is 0. The summed E-state index contributed by atoms with van der Waals surface area (Å²) in [5.41, 5.74) is 0.999. The van der Waals surface area contributed by atoms with Crippen LogP contribution in [-0.4, -0.2) is 28.5 Å². The molecule has 30 heavy (non-hydrogen) atoms. The Balaban J connectivity index is 1.52. The van der Waals surface area contributed by atoms with Crippen LogP contribution in [0.4, 0.5) is 5.13 Å². The Labute approximate surface area is 192 Å². The molecule has 0 N–H and O–H groups in total. The first kappa shape index (κ1) is 21.2. The molecule has 3 aromatic rings. The fourth-order valence-corrected chi connectivity index (χ4v) is 5.52. The highest BCUT2D eigenvalue weighted by atomic mass is 35.5. The van der Waals surface area contributed by atoms with Crippen LogP contribution in [0.5, 0.6) is 11.5 Å². The number of amides is 1. The number of halogens is 2. The smallest absolute Gasteiger partial charge is 0.242 e. The number of hydrogen-bond acceptors (Lipinski definition) is 7. The zero-order valence-corrected chi connectivity index (χ0v) is 19.2. The molecule has 6 nitrogen and oxygen atoms in total. The minimum atomic E-state index is -0.175. The Morgan fingerprint density at radius 2 is 1.90 bits per heavy atom. The van der Waals surface area contributed by atoms with Gasteiger partial charge in [-0.3, -0.25) is 9.69 Å². The summed E-state index contributed by atoms with van der Waals surface area (Å²) < 4.78 is 11.0. The molecule has 1 aliphatic heterocycles. The van der Waals surface area contributed by atoms with E-state index in [1.807, 2.05) is 31.2 Å². The van der Waals surface area contributed by atoms with Gasteiger partial charge in [-0.2, -0.15) is 0 Å². The van der Waals surface area contributed by atoms with Crippen molar-refractivity contribution in [3.63, 3.8) is 0 Å². The molecular formula is C20H17Cl2N3O3S2. The molecule has 10 heteroatoms.